The summed E-state index contributed by atoms with van der Waals surface area (Å²) in [4.78, 5) is 30.6. The van der Waals surface area contributed by atoms with Crippen molar-refractivity contribution in [2.75, 3.05) is 0 Å². The van der Waals surface area contributed by atoms with Crippen molar-refractivity contribution < 1.29 is 4.79 Å². The molecule has 0 radical (unpaired) electrons. The van der Waals surface area contributed by atoms with Crippen LogP contribution in [-0.2, 0) is 0 Å². The summed E-state index contributed by atoms with van der Waals surface area (Å²) >= 11 is 3.59. The summed E-state index contributed by atoms with van der Waals surface area (Å²) in [5, 5.41) is 7.33. The summed E-state index contributed by atoms with van der Waals surface area (Å²) in [6.45, 7) is 1.92. The normalized spacial score (nSPS) is 15.1. The Balaban J connectivity index is 1.58. The fraction of sp³-hybridized carbons (Fsp3) is 0.0938. The number of amides is 1. The van der Waals surface area contributed by atoms with Gasteiger partial charge < -0.3 is 4.98 Å². The van der Waals surface area contributed by atoms with Gasteiger partial charge in [0.05, 0.1) is 17.3 Å². The van der Waals surface area contributed by atoms with Crippen LogP contribution in [0, 0.1) is 6.92 Å². The summed E-state index contributed by atoms with van der Waals surface area (Å²) in [5.74, 6) is -0.187. The molecule has 0 saturated heterocycles. The molecule has 0 saturated carbocycles. The first-order chi connectivity index (χ1) is 18.5. The van der Waals surface area contributed by atoms with Gasteiger partial charge in [-0.1, -0.05) is 94.8 Å². The minimum Gasteiger partial charge on any atom is -0.321 e. The highest BCUT2D eigenvalue weighted by atomic mass is 79.9. The Morgan fingerprint density at radius 2 is 1.58 bits per heavy atom. The highest BCUT2D eigenvalue weighted by molar-refractivity contribution is 9.10. The SMILES string of the molecule is Cc1ccccc1C(=O)N1N=C(c2c(-c3ccccc3)c3cc(Br)ccc3[nH]c2=O)C[C@H]1c1ccccc1. The van der Waals surface area contributed by atoms with E-state index in [1.165, 1.54) is 0 Å². The molecule has 5 nitrogen and oxygen atoms in total. The van der Waals surface area contributed by atoms with E-state index in [0.29, 0.717) is 23.3 Å². The monoisotopic (exact) mass is 561 g/mol. The third-order valence-electron chi connectivity index (χ3n) is 7.01. The van der Waals surface area contributed by atoms with Crippen molar-refractivity contribution in [3.8, 4) is 11.1 Å². The number of aryl methyl sites for hydroxylation is 1. The number of aromatic nitrogens is 1. The molecule has 0 unspecified atom stereocenters. The van der Waals surface area contributed by atoms with Crippen LogP contribution in [0.15, 0.2) is 117 Å². The van der Waals surface area contributed by atoms with Crippen molar-refractivity contribution in [3.63, 3.8) is 0 Å². The smallest absolute Gasteiger partial charge is 0.274 e. The highest BCUT2D eigenvalue weighted by Gasteiger charge is 2.36. The first-order valence-electron chi connectivity index (χ1n) is 12.4. The maximum absolute atomic E-state index is 13.9. The van der Waals surface area contributed by atoms with Crippen molar-refractivity contribution in [3.05, 3.63) is 140 Å². The van der Waals surface area contributed by atoms with Crippen LogP contribution in [0.3, 0.4) is 0 Å². The summed E-state index contributed by atoms with van der Waals surface area (Å²) in [5.41, 5.74) is 5.76. The van der Waals surface area contributed by atoms with Crippen LogP contribution in [0.2, 0.25) is 0 Å². The Kier molecular flexibility index (Phi) is 6.26. The van der Waals surface area contributed by atoms with Gasteiger partial charge in [0.1, 0.15) is 0 Å². The predicted molar refractivity (Wildman–Crippen MR) is 155 cm³/mol. The molecule has 6 rings (SSSR count). The molecule has 0 fully saturated rings. The van der Waals surface area contributed by atoms with Crippen molar-refractivity contribution in [1.29, 1.82) is 0 Å². The van der Waals surface area contributed by atoms with Crippen LogP contribution in [0.4, 0.5) is 0 Å². The number of hydrogen-bond donors (Lipinski definition) is 1. The molecule has 2 heterocycles. The molecule has 1 aliphatic rings. The molecule has 5 aromatic rings. The van der Waals surface area contributed by atoms with Gasteiger partial charge in [-0.3, -0.25) is 9.59 Å². The number of H-pyrrole nitrogens is 1. The Bertz CT molecular complexity index is 1760. The van der Waals surface area contributed by atoms with Gasteiger partial charge in [-0.2, -0.15) is 5.10 Å². The predicted octanol–water partition coefficient (Wildman–Crippen LogP) is 7.26. The van der Waals surface area contributed by atoms with E-state index < -0.39 is 0 Å². The number of nitrogens with zero attached hydrogens (tertiary/aromatic N) is 2. The summed E-state index contributed by atoms with van der Waals surface area (Å²) in [6.07, 6.45) is 0.421. The van der Waals surface area contributed by atoms with E-state index in [2.05, 4.69) is 20.9 Å². The Labute approximate surface area is 228 Å². The van der Waals surface area contributed by atoms with E-state index in [4.69, 9.17) is 5.10 Å². The van der Waals surface area contributed by atoms with E-state index in [0.717, 1.165) is 37.6 Å². The quantitative estimate of drug-likeness (QED) is 0.251. The molecule has 1 atom stereocenters. The van der Waals surface area contributed by atoms with Gasteiger partial charge in [0.25, 0.3) is 11.5 Å². The molecular weight excluding hydrogens is 538 g/mol. The van der Waals surface area contributed by atoms with Crippen molar-refractivity contribution in [2.24, 2.45) is 5.10 Å². The molecule has 1 aromatic heterocycles. The molecule has 1 N–H and O–H groups in total. The van der Waals surface area contributed by atoms with Crippen LogP contribution in [0.25, 0.3) is 22.0 Å². The number of fused-ring (bicyclic) bond motifs is 1. The van der Waals surface area contributed by atoms with Gasteiger partial charge in [0, 0.05) is 32.9 Å². The summed E-state index contributed by atoms with van der Waals surface area (Å²) < 4.78 is 0.909. The average molecular weight is 562 g/mol. The molecule has 1 aliphatic heterocycles. The number of benzene rings is 4. The molecular formula is C32H24BrN3O2. The zero-order valence-corrected chi connectivity index (χ0v) is 22.3. The maximum Gasteiger partial charge on any atom is 0.274 e. The first-order valence-corrected chi connectivity index (χ1v) is 13.2. The Morgan fingerprint density at radius 3 is 2.32 bits per heavy atom. The van der Waals surface area contributed by atoms with Crippen LogP contribution in [-0.4, -0.2) is 21.6 Å². The van der Waals surface area contributed by atoms with Gasteiger partial charge in [-0.05, 0) is 47.9 Å². The number of nitrogens with one attached hydrogen (secondary N) is 1. The lowest BCUT2D eigenvalue weighted by Crippen LogP contribution is -2.27. The molecule has 1 amide bonds. The van der Waals surface area contributed by atoms with E-state index in [1.54, 1.807) is 5.01 Å². The number of hydrazone groups is 1. The third-order valence-corrected chi connectivity index (χ3v) is 7.50. The number of halogens is 1. The zero-order chi connectivity index (χ0) is 26.2. The number of carbonyl (C=O) groups is 1. The van der Waals surface area contributed by atoms with Crippen LogP contribution in [0.1, 0.15) is 39.5 Å². The number of rotatable bonds is 4. The van der Waals surface area contributed by atoms with E-state index in [9.17, 15) is 9.59 Å². The minimum atomic E-state index is -0.334. The van der Waals surface area contributed by atoms with Crippen molar-refractivity contribution in [2.45, 2.75) is 19.4 Å². The molecule has 0 aliphatic carbocycles. The lowest BCUT2D eigenvalue weighted by molar-refractivity contribution is 0.0710. The Hall–Kier alpha value is -4.29. The van der Waals surface area contributed by atoms with E-state index >= 15 is 0 Å². The van der Waals surface area contributed by atoms with Crippen LogP contribution < -0.4 is 5.56 Å². The topological polar surface area (TPSA) is 65.5 Å². The molecule has 6 heteroatoms. The van der Waals surface area contributed by atoms with Gasteiger partial charge in [-0.25, -0.2) is 5.01 Å². The lowest BCUT2D eigenvalue weighted by atomic mass is 9.91. The fourth-order valence-corrected chi connectivity index (χ4v) is 5.53. The van der Waals surface area contributed by atoms with Crippen LogP contribution in [0.5, 0.6) is 0 Å². The molecule has 4 aromatic carbocycles. The number of aromatic amines is 1. The van der Waals surface area contributed by atoms with Gasteiger partial charge in [0.15, 0.2) is 0 Å². The summed E-state index contributed by atoms with van der Waals surface area (Å²) in [7, 11) is 0. The number of carbonyl (C=O) groups excluding carboxylic acids is 1. The average Bonchev–Trinajstić information content (AvgIpc) is 3.38. The van der Waals surface area contributed by atoms with Gasteiger partial charge in [-0.15, -0.1) is 0 Å². The first kappa shape index (κ1) is 24.1. The highest BCUT2D eigenvalue weighted by Crippen LogP contribution is 2.38. The second kappa shape index (κ2) is 9.88. The minimum absolute atomic E-state index is 0.187. The standard InChI is InChI=1S/C32H24BrN3O2/c1-20-10-8-9-15-24(20)32(38)36-28(21-11-4-2-5-12-21)19-27(35-36)30-29(22-13-6-3-7-14-22)25-18-23(33)16-17-26(25)34-31(30)37/h2-18,28H,19H2,1H3,(H,34,37)/t28-/m0/s1. The molecule has 0 bridgehead atoms. The molecule has 38 heavy (non-hydrogen) atoms. The second-order valence-electron chi connectivity index (χ2n) is 9.40. The van der Waals surface area contributed by atoms with Gasteiger partial charge >= 0.3 is 0 Å². The number of pyridine rings is 1. The molecule has 186 valence electrons. The second-order valence-corrected chi connectivity index (χ2v) is 10.3. The van der Waals surface area contributed by atoms with Crippen molar-refractivity contribution in [1.82, 2.24) is 9.99 Å². The fourth-order valence-electron chi connectivity index (χ4n) is 5.17. The lowest BCUT2D eigenvalue weighted by Gasteiger charge is -2.22. The third kappa shape index (κ3) is 4.27. The maximum atomic E-state index is 13.9. The van der Waals surface area contributed by atoms with E-state index in [1.807, 2.05) is 110 Å². The van der Waals surface area contributed by atoms with Gasteiger partial charge in [0.2, 0.25) is 0 Å². The zero-order valence-electron chi connectivity index (χ0n) is 20.7. The summed E-state index contributed by atoms with van der Waals surface area (Å²) in [6, 6.07) is 32.7. The van der Waals surface area contributed by atoms with Crippen LogP contribution >= 0.6 is 15.9 Å². The van der Waals surface area contributed by atoms with E-state index in [-0.39, 0.29) is 17.5 Å². The largest absolute Gasteiger partial charge is 0.321 e. The van der Waals surface area contributed by atoms with Crippen molar-refractivity contribution >= 4 is 38.5 Å². The Morgan fingerprint density at radius 1 is 0.895 bits per heavy atom. The number of hydrogen-bond acceptors (Lipinski definition) is 3. The molecule has 0 spiro atoms.